The van der Waals surface area contributed by atoms with Gasteiger partial charge in [0.1, 0.15) is 0 Å². The van der Waals surface area contributed by atoms with Gasteiger partial charge in [-0.1, -0.05) is 30.3 Å². The highest BCUT2D eigenvalue weighted by Gasteiger charge is 2.34. The molecule has 1 atom stereocenters. The highest BCUT2D eigenvalue weighted by molar-refractivity contribution is 5.85. The number of hydrogen-bond acceptors (Lipinski definition) is 3. The van der Waals surface area contributed by atoms with Crippen molar-refractivity contribution in [3.63, 3.8) is 0 Å². The van der Waals surface area contributed by atoms with E-state index >= 15 is 0 Å². The summed E-state index contributed by atoms with van der Waals surface area (Å²) in [7, 11) is 1.83. The number of rotatable bonds is 6. The Balaban J connectivity index is 0.00000261. The van der Waals surface area contributed by atoms with E-state index in [0.717, 1.165) is 18.4 Å². The van der Waals surface area contributed by atoms with Gasteiger partial charge in [-0.15, -0.1) is 12.4 Å². The number of piperidine rings is 1. The molecule has 1 aliphatic heterocycles. The molecule has 150 valence electrons. The Morgan fingerprint density at radius 3 is 2.37 bits per heavy atom. The van der Waals surface area contributed by atoms with E-state index in [9.17, 15) is 9.59 Å². The molecular weight excluding hydrogens is 364 g/mol. The highest BCUT2D eigenvalue weighted by atomic mass is 35.5. The predicted octanol–water partition coefficient (Wildman–Crippen LogP) is 2.23. The summed E-state index contributed by atoms with van der Waals surface area (Å²) < 4.78 is 0. The van der Waals surface area contributed by atoms with E-state index in [4.69, 9.17) is 5.73 Å². The number of benzene rings is 1. The number of halogens is 1. The number of carbonyl (C=O) groups excluding carboxylic acids is 2. The summed E-state index contributed by atoms with van der Waals surface area (Å²) in [6, 6.07) is 10.1. The van der Waals surface area contributed by atoms with Crippen LogP contribution in [0.15, 0.2) is 30.3 Å². The lowest BCUT2D eigenvalue weighted by Crippen LogP contribution is -2.49. The van der Waals surface area contributed by atoms with Crippen molar-refractivity contribution in [1.29, 1.82) is 0 Å². The molecule has 1 unspecified atom stereocenters. The summed E-state index contributed by atoms with van der Waals surface area (Å²) in [6.07, 6.45) is 3.78. The second kappa shape index (κ2) is 9.95. The third-order valence-corrected chi connectivity index (χ3v) is 5.50. The van der Waals surface area contributed by atoms with Gasteiger partial charge in [0.05, 0.1) is 0 Å². The number of likely N-dealkylation sites (tertiary alicyclic amines) is 1. The Kier molecular flexibility index (Phi) is 7.92. The van der Waals surface area contributed by atoms with Crippen LogP contribution in [0.25, 0.3) is 0 Å². The summed E-state index contributed by atoms with van der Waals surface area (Å²) in [5.41, 5.74) is 6.89. The van der Waals surface area contributed by atoms with Gasteiger partial charge >= 0.3 is 6.03 Å². The van der Waals surface area contributed by atoms with Gasteiger partial charge in [-0.2, -0.15) is 0 Å². The summed E-state index contributed by atoms with van der Waals surface area (Å²) in [5.74, 6) is 0.667. The molecule has 2 fully saturated rings. The number of carbonyl (C=O) groups is 2. The maximum atomic E-state index is 12.6. The largest absolute Gasteiger partial charge is 0.352 e. The third-order valence-electron chi connectivity index (χ3n) is 5.50. The zero-order chi connectivity index (χ0) is 18.5. The molecule has 0 aromatic heterocycles. The highest BCUT2D eigenvalue weighted by Crippen LogP contribution is 2.32. The van der Waals surface area contributed by atoms with Gasteiger partial charge in [0.15, 0.2) is 0 Å². The average molecular weight is 395 g/mol. The van der Waals surface area contributed by atoms with Crippen molar-refractivity contribution in [3.8, 4) is 0 Å². The summed E-state index contributed by atoms with van der Waals surface area (Å²) >= 11 is 0. The first-order chi connectivity index (χ1) is 12.6. The Bertz CT molecular complexity index is 616. The number of amides is 3. The average Bonchev–Trinajstić information content (AvgIpc) is 3.51. The minimum atomic E-state index is -0.00807. The molecule has 1 saturated heterocycles. The number of hydrogen-bond donors (Lipinski definition) is 2. The lowest BCUT2D eigenvalue weighted by Gasteiger charge is -2.34. The zero-order valence-electron chi connectivity index (χ0n) is 16.0. The van der Waals surface area contributed by atoms with Crippen molar-refractivity contribution in [2.75, 3.05) is 26.7 Å². The monoisotopic (exact) mass is 394 g/mol. The van der Waals surface area contributed by atoms with E-state index in [1.165, 1.54) is 12.8 Å². The summed E-state index contributed by atoms with van der Waals surface area (Å²) in [6.45, 7) is 2.37. The molecule has 7 heteroatoms. The van der Waals surface area contributed by atoms with Crippen molar-refractivity contribution < 1.29 is 9.59 Å². The fourth-order valence-electron chi connectivity index (χ4n) is 3.67. The van der Waals surface area contributed by atoms with E-state index in [1.807, 2.05) is 42.3 Å². The van der Waals surface area contributed by atoms with Crippen molar-refractivity contribution >= 4 is 24.3 Å². The molecule has 1 aliphatic carbocycles. The normalized spacial score (nSPS) is 18.4. The van der Waals surface area contributed by atoms with Gasteiger partial charge in [0.25, 0.3) is 0 Å². The van der Waals surface area contributed by atoms with Gasteiger partial charge in [-0.05, 0) is 37.2 Å². The van der Waals surface area contributed by atoms with Gasteiger partial charge in [0.2, 0.25) is 5.91 Å². The molecule has 0 radical (unpaired) electrons. The van der Waals surface area contributed by atoms with E-state index in [2.05, 4.69) is 5.32 Å². The zero-order valence-corrected chi connectivity index (χ0v) is 16.8. The Morgan fingerprint density at radius 2 is 1.81 bits per heavy atom. The first kappa shape index (κ1) is 21.5. The van der Waals surface area contributed by atoms with E-state index < -0.39 is 0 Å². The van der Waals surface area contributed by atoms with Crippen LogP contribution >= 0.6 is 12.4 Å². The van der Waals surface area contributed by atoms with Crippen LogP contribution < -0.4 is 11.1 Å². The standard InChI is InChI=1S/C20H30N4O2.ClH/c1-23(14-15-5-3-2-4-6-15)20(26)24-11-9-17(10-12-24)19(25)22-18(13-21)16-7-8-16;/h2-6,16-18H,7-14,21H2,1H3,(H,22,25);1H. The fourth-order valence-corrected chi connectivity index (χ4v) is 3.67. The summed E-state index contributed by atoms with van der Waals surface area (Å²) in [5, 5.41) is 3.12. The molecule has 1 heterocycles. The van der Waals surface area contributed by atoms with Crippen LogP contribution in [0, 0.1) is 11.8 Å². The lowest BCUT2D eigenvalue weighted by atomic mass is 9.95. The second-order valence-electron chi connectivity index (χ2n) is 7.57. The maximum absolute atomic E-state index is 12.6. The maximum Gasteiger partial charge on any atom is 0.320 e. The second-order valence-corrected chi connectivity index (χ2v) is 7.57. The van der Waals surface area contributed by atoms with Crippen LogP contribution in [0.5, 0.6) is 0 Å². The van der Waals surface area contributed by atoms with Crippen molar-refractivity contribution in [2.24, 2.45) is 17.6 Å². The Hall–Kier alpha value is -1.79. The molecule has 1 aromatic rings. The third kappa shape index (κ3) is 5.84. The van der Waals surface area contributed by atoms with Crippen LogP contribution in [0.1, 0.15) is 31.2 Å². The first-order valence-electron chi connectivity index (χ1n) is 9.63. The topological polar surface area (TPSA) is 78.7 Å². The molecular formula is C20H31ClN4O2. The van der Waals surface area contributed by atoms with Gasteiger partial charge < -0.3 is 20.9 Å². The molecule has 27 heavy (non-hydrogen) atoms. The minimum absolute atomic E-state index is 0. The van der Waals surface area contributed by atoms with E-state index in [1.54, 1.807) is 4.90 Å². The van der Waals surface area contributed by atoms with Crippen molar-refractivity contribution in [1.82, 2.24) is 15.1 Å². The molecule has 3 amide bonds. The van der Waals surface area contributed by atoms with Gasteiger partial charge in [0, 0.05) is 45.2 Å². The summed E-state index contributed by atoms with van der Waals surface area (Å²) in [4.78, 5) is 28.7. The number of nitrogens with two attached hydrogens (primary N) is 1. The first-order valence-corrected chi connectivity index (χ1v) is 9.63. The van der Waals surface area contributed by atoms with Crippen LogP contribution in [-0.2, 0) is 11.3 Å². The van der Waals surface area contributed by atoms with Gasteiger partial charge in [-0.25, -0.2) is 4.79 Å². The quantitative estimate of drug-likeness (QED) is 0.776. The van der Waals surface area contributed by atoms with Gasteiger partial charge in [-0.3, -0.25) is 4.79 Å². The molecule has 3 N–H and O–H groups in total. The molecule has 1 aromatic carbocycles. The molecule has 0 bridgehead atoms. The van der Waals surface area contributed by atoms with Crippen LogP contribution in [-0.4, -0.2) is 54.5 Å². The Morgan fingerprint density at radius 1 is 1.19 bits per heavy atom. The molecule has 2 aliphatic rings. The predicted molar refractivity (Wildman–Crippen MR) is 109 cm³/mol. The minimum Gasteiger partial charge on any atom is -0.352 e. The lowest BCUT2D eigenvalue weighted by molar-refractivity contribution is -0.127. The van der Waals surface area contributed by atoms with E-state index in [-0.39, 0.29) is 36.3 Å². The van der Waals surface area contributed by atoms with Crippen LogP contribution in [0.2, 0.25) is 0 Å². The van der Waals surface area contributed by atoms with Crippen LogP contribution in [0.4, 0.5) is 4.79 Å². The van der Waals surface area contributed by atoms with E-state index in [0.29, 0.717) is 32.1 Å². The van der Waals surface area contributed by atoms with Crippen molar-refractivity contribution in [2.45, 2.75) is 38.3 Å². The smallest absolute Gasteiger partial charge is 0.320 e. The molecule has 6 nitrogen and oxygen atoms in total. The SMILES string of the molecule is CN(Cc1ccccc1)C(=O)N1CCC(C(=O)NC(CN)C2CC2)CC1.Cl. The Labute approximate surface area is 167 Å². The van der Waals surface area contributed by atoms with Crippen molar-refractivity contribution in [3.05, 3.63) is 35.9 Å². The molecule has 1 saturated carbocycles. The number of nitrogens with one attached hydrogen (secondary N) is 1. The number of urea groups is 1. The molecule has 3 rings (SSSR count). The fraction of sp³-hybridized carbons (Fsp3) is 0.600. The molecule has 0 spiro atoms. The number of nitrogens with zero attached hydrogens (tertiary/aromatic N) is 2. The van der Waals surface area contributed by atoms with Crippen LogP contribution in [0.3, 0.4) is 0 Å².